The first-order valence-electron chi connectivity index (χ1n) is 5.51. The zero-order valence-corrected chi connectivity index (χ0v) is 10.6. The number of ether oxygens (including phenoxy) is 1. The highest BCUT2D eigenvalue weighted by molar-refractivity contribution is 7.13. The topological polar surface area (TPSA) is 35.3 Å². The first-order chi connectivity index (χ1) is 8.86. The highest BCUT2D eigenvalue weighted by Gasteiger charge is 2.08. The molecule has 0 aliphatic rings. The number of oxazole rings is 1. The summed E-state index contributed by atoms with van der Waals surface area (Å²) in [6.45, 7) is 0. The van der Waals surface area contributed by atoms with Crippen LogP contribution in [0.2, 0.25) is 0 Å². The van der Waals surface area contributed by atoms with Gasteiger partial charge in [-0.05, 0) is 35.7 Å². The van der Waals surface area contributed by atoms with Crippen molar-refractivity contribution >= 4 is 11.3 Å². The Morgan fingerprint density at radius 1 is 1.17 bits per heavy atom. The van der Waals surface area contributed by atoms with Gasteiger partial charge in [-0.25, -0.2) is 4.98 Å². The summed E-state index contributed by atoms with van der Waals surface area (Å²) in [4.78, 5) is 5.33. The molecule has 90 valence electrons. The van der Waals surface area contributed by atoms with Crippen molar-refractivity contribution in [3.8, 4) is 27.8 Å². The maximum absolute atomic E-state index is 5.75. The number of thiophene rings is 1. The molecule has 0 unspecified atom stereocenters. The van der Waals surface area contributed by atoms with Crippen LogP contribution in [-0.2, 0) is 0 Å². The fourth-order valence-electron chi connectivity index (χ4n) is 1.68. The SMILES string of the molecule is COc1ccc(-c2cnc(-c3cccs3)o2)cc1. The molecule has 0 bridgehead atoms. The van der Waals surface area contributed by atoms with Crippen molar-refractivity contribution in [2.24, 2.45) is 0 Å². The predicted molar refractivity (Wildman–Crippen MR) is 71.8 cm³/mol. The smallest absolute Gasteiger partial charge is 0.236 e. The van der Waals surface area contributed by atoms with E-state index in [1.807, 2.05) is 41.8 Å². The van der Waals surface area contributed by atoms with Crippen molar-refractivity contribution in [3.63, 3.8) is 0 Å². The Labute approximate surface area is 109 Å². The van der Waals surface area contributed by atoms with Gasteiger partial charge in [0.2, 0.25) is 5.89 Å². The minimum absolute atomic E-state index is 0.663. The van der Waals surface area contributed by atoms with Crippen molar-refractivity contribution in [1.82, 2.24) is 4.98 Å². The first kappa shape index (κ1) is 11.0. The second-order valence-electron chi connectivity index (χ2n) is 3.74. The molecule has 2 aromatic heterocycles. The third-order valence-electron chi connectivity index (χ3n) is 2.61. The normalized spacial score (nSPS) is 10.5. The van der Waals surface area contributed by atoms with E-state index in [9.17, 15) is 0 Å². The Morgan fingerprint density at radius 3 is 2.67 bits per heavy atom. The molecule has 3 aromatic rings. The third kappa shape index (κ3) is 2.02. The van der Waals surface area contributed by atoms with Crippen LogP contribution in [0, 0.1) is 0 Å². The summed E-state index contributed by atoms with van der Waals surface area (Å²) >= 11 is 1.61. The molecule has 0 aliphatic heterocycles. The third-order valence-corrected chi connectivity index (χ3v) is 3.47. The van der Waals surface area contributed by atoms with Crippen LogP contribution < -0.4 is 4.74 Å². The average molecular weight is 257 g/mol. The van der Waals surface area contributed by atoms with Gasteiger partial charge in [-0.15, -0.1) is 11.3 Å². The van der Waals surface area contributed by atoms with Crippen LogP contribution in [0.5, 0.6) is 5.75 Å². The standard InChI is InChI=1S/C14H11NO2S/c1-16-11-6-4-10(5-7-11)12-9-15-14(17-12)13-3-2-8-18-13/h2-9H,1H3. The molecule has 4 heteroatoms. The monoisotopic (exact) mass is 257 g/mol. The molecule has 2 heterocycles. The van der Waals surface area contributed by atoms with Crippen molar-refractivity contribution < 1.29 is 9.15 Å². The Kier molecular flexibility index (Phi) is 2.86. The molecule has 18 heavy (non-hydrogen) atoms. The zero-order chi connectivity index (χ0) is 12.4. The Bertz CT molecular complexity index is 626. The van der Waals surface area contributed by atoms with Gasteiger partial charge < -0.3 is 9.15 Å². The minimum Gasteiger partial charge on any atom is -0.497 e. The van der Waals surface area contributed by atoms with Gasteiger partial charge in [0.25, 0.3) is 0 Å². The minimum atomic E-state index is 0.663. The van der Waals surface area contributed by atoms with E-state index in [2.05, 4.69) is 4.98 Å². The Balaban J connectivity index is 1.92. The van der Waals surface area contributed by atoms with Crippen molar-refractivity contribution in [2.45, 2.75) is 0 Å². The van der Waals surface area contributed by atoms with E-state index >= 15 is 0 Å². The van der Waals surface area contributed by atoms with Gasteiger partial charge in [0.05, 0.1) is 18.2 Å². The van der Waals surface area contributed by atoms with E-state index in [1.165, 1.54) is 0 Å². The summed E-state index contributed by atoms with van der Waals surface area (Å²) in [5.74, 6) is 2.26. The first-order valence-corrected chi connectivity index (χ1v) is 6.39. The van der Waals surface area contributed by atoms with Gasteiger partial charge in [-0.2, -0.15) is 0 Å². The van der Waals surface area contributed by atoms with Crippen molar-refractivity contribution in [2.75, 3.05) is 7.11 Å². The molecule has 0 saturated heterocycles. The van der Waals surface area contributed by atoms with Crippen molar-refractivity contribution in [1.29, 1.82) is 0 Å². The number of nitrogens with zero attached hydrogens (tertiary/aromatic N) is 1. The fraction of sp³-hybridized carbons (Fsp3) is 0.0714. The molecule has 0 atom stereocenters. The molecule has 3 nitrogen and oxygen atoms in total. The van der Waals surface area contributed by atoms with Crippen LogP contribution in [0.3, 0.4) is 0 Å². The molecule has 1 aromatic carbocycles. The maximum Gasteiger partial charge on any atom is 0.236 e. The summed E-state index contributed by atoms with van der Waals surface area (Å²) in [5.41, 5.74) is 0.992. The summed E-state index contributed by atoms with van der Waals surface area (Å²) in [6.07, 6.45) is 1.75. The number of hydrogen-bond acceptors (Lipinski definition) is 4. The predicted octanol–water partition coefficient (Wildman–Crippen LogP) is 4.08. The van der Waals surface area contributed by atoms with E-state index in [0.29, 0.717) is 5.89 Å². The molecule has 0 aliphatic carbocycles. The molecule has 0 saturated carbocycles. The second kappa shape index (κ2) is 4.66. The maximum atomic E-state index is 5.75. The van der Waals surface area contributed by atoms with E-state index in [0.717, 1.165) is 22.0 Å². The van der Waals surface area contributed by atoms with E-state index in [1.54, 1.807) is 24.6 Å². The van der Waals surface area contributed by atoms with Gasteiger partial charge in [0.1, 0.15) is 5.75 Å². The molecule has 0 spiro atoms. The van der Waals surface area contributed by atoms with Crippen LogP contribution in [-0.4, -0.2) is 12.1 Å². The lowest BCUT2D eigenvalue weighted by atomic mass is 10.2. The van der Waals surface area contributed by atoms with Crippen LogP contribution in [0.15, 0.2) is 52.4 Å². The van der Waals surface area contributed by atoms with Gasteiger partial charge in [0.15, 0.2) is 5.76 Å². The number of hydrogen-bond donors (Lipinski definition) is 0. The second-order valence-corrected chi connectivity index (χ2v) is 4.68. The summed E-state index contributed by atoms with van der Waals surface area (Å²) in [5, 5.41) is 2.01. The number of aromatic nitrogens is 1. The molecule has 0 amide bonds. The highest BCUT2D eigenvalue weighted by Crippen LogP contribution is 2.29. The van der Waals surface area contributed by atoms with Gasteiger partial charge in [0, 0.05) is 5.56 Å². The number of benzene rings is 1. The number of methoxy groups -OCH3 is 1. The van der Waals surface area contributed by atoms with Crippen LogP contribution >= 0.6 is 11.3 Å². The molecular weight excluding hydrogens is 246 g/mol. The number of rotatable bonds is 3. The largest absolute Gasteiger partial charge is 0.497 e. The summed E-state index contributed by atoms with van der Waals surface area (Å²) < 4.78 is 10.9. The quantitative estimate of drug-likeness (QED) is 0.709. The van der Waals surface area contributed by atoms with Crippen LogP contribution in [0.4, 0.5) is 0 Å². The molecule has 3 rings (SSSR count). The van der Waals surface area contributed by atoms with E-state index < -0.39 is 0 Å². The van der Waals surface area contributed by atoms with Gasteiger partial charge in [-0.1, -0.05) is 6.07 Å². The van der Waals surface area contributed by atoms with Gasteiger partial charge in [-0.3, -0.25) is 0 Å². The van der Waals surface area contributed by atoms with Crippen LogP contribution in [0.1, 0.15) is 0 Å². The summed E-state index contributed by atoms with van der Waals surface area (Å²) in [7, 11) is 1.65. The lowest BCUT2D eigenvalue weighted by Crippen LogP contribution is -1.81. The molecule has 0 N–H and O–H groups in total. The lowest BCUT2D eigenvalue weighted by molar-refractivity contribution is 0.415. The highest BCUT2D eigenvalue weighted by atomic mass is 32.1. The Hall–Kier alpha value is -2.07. The molecular formula is C14H11NO2S. The summed E-state index contributed by atoms with van der Waals surface area (Å²) in [6, 6.07) is 11.7. The zero-order valence-electron chi connectivity index (χ0n) is 9.79. The van der Waals surface area contributed by atoms with Crippen LogP contribution in [0.25, 0.3) is 22.1 Å². The van der Waals surface area contributed by atoms with Crippen molar-refractivity contribution in [3.05, 3.63) is 48.0 Å². The molecule has 0 fully saturated rings. The van der Waals surface area contributed by atoms with E-state index in [-0.39, 0.29) is 0 Å². The van der Waals surface area contributed by atoms with E-state index in [4.69, 9.17) is 9.15 Å². The van der Waals surface area contributed by atoms with Gasteiger partial charge >= 0.3 is 0 Å². The lowest BCUT2D eigenvalue weighted by Gasteiger charge is -1.99. The fourth-order valence-corrected chi connectivity index (χ4v) is 2.33. The Morgan fingerprint density at radius 2 is 2.00 bits per heavy atom. The molecule has 0 radical (unpaired) electrons. The average Bonchev–Trinajstić information content (AvgIpc) is 3.09.